The number of hydrogen-bond donors (Lipinski definition) is 2. The minimum atomic E-state index is -0.320. The smallest absolute Gasteiger partial charge is 0.319 e. The van der Waals surface area contributed by atoms with Gasteiger partial charge in [0.15, 0.2) is 0 Å². The van der Waals surface area contributed by atoms with E-state index in [1.807, 2.05) is 44.6 Å². The SMILES string of the molecule is Cc1ccc(NC(=O)N[C@@H](c2nccn2C)C(C)C)cc1C#N. The Kier molecular flexibility index (Phi) is 5.02. The van der Waals surface area contributed by atoms with Gasteiger partial charge in [-0.15, -0.1) is 0 Å². The second kappa shape index (κ2) is 6.97. The summed E-state index contributed by atoms with van der Waals surface area (Å²) in [5.41, 5.74) is 2.02. The van der Waals surface area contributed by atoms with Gasteiger partial charge >= 0.3 is 6.03 Å². The van der Waals surface area contributed by atoms with Crippen molar-refractivity contribution in [3.8, 4) is 6.07 Å². The quantitative estimate of drug-likeness (QED) is 0.910. The Morgan fingerprint density at radius 1 is 1.39 bits per heavy atom. The highest BCUT2D eigenvalue weighted by atomic mass is 16.2. The fourth-order valence-electron chi connectivity index (χ4n) is 2.33. The molecule has 2 amide bonds. The van der Waals surface area contributed by atoms with Crippen LogP contribution in [-0.2, 0) is 7.05 Å². The van der Waals surface area contributed by atoms with Gasteiger partial charge in [-0.05, 0) is 30.5 Å². The zero-order valence-electron chi connectivity index (χ0n) is 13.8. The molecule has 0 aliphatic rings. The van der Waals surface area contributed by atoms with Crippen molar-refractivity contribution in [2.75, 3.05) is 5.32 Å². The van der Waals surface area contributed by atoms with E-state index in [2.05, 4.69) is 21.7 Å². The van der Waals surface area contributed by atoms with Gasteiger partial charge in [0.1, 0.15) is 5.82 Å². The van der Waals surface area contributed by atoms with Crippen LogP contribution in [0.3, 0.4) is 0 Å². The number of carbonyl (C=O) groups is 1. The average molecular weight is 311 g/mol. The molecule has 0 saturated heterocycles. The summed E-state index contributed by atoms with van der Waals surface area (Å²) in [5, 5.41) is 14.8. The van der Waals surface area contributed by atoms with Gasteiger partial charge in [-0.1, -0.05) is 19.9 Å². The minimum absolute atomic E-state index is 0.189. The molecule has 0 bridgehead atoms. The fraction of sp³-hybridized carbons (Fsp3) is 0.353. The minimum Gasteiger partial charge on any atom is -0.336 e. The number of nitriles is 1. The number of urea groups is 1. The first-order valence-electron chi connectivity index (χ1n) is 7.48. The molecule has 1 heterocycles. The topological polar surface area (TPSA) is 82.7 Å². The van der Waals surface area contributed by atoms with Crippen LogP contribution in [0.2, 0.25) is 0 Å². The lowest BCUT2D eigenvalue weighted by Crippen LogP contribution is -2.36. The molecule has 2 N–H and O–H groups in total. The lowest BCUT2D eigenvalue weighted by molar-refractivity contribution is 0.243. The maximum absolute atomic E-state index is 12.3. The van der Waals surface area contributed by atoms with Crippen molar-refractivity contribution in [1.29, 1.82) is 5.26 Å². The van der Waals surface area contributed by atoms with Gasteiger partial charge in [-0.25, -0.2) is 9.78 Å². The molecule has 1 aromatic heterocycles. The largest absolute Gasteiger partial charge is 0.336 e. The summed E-state index contributed by atoms with van der Waals surface area (Å²) in [7, 11) is 1.90. The highest BCUT2D eigenvalue weighted by Gasteiger charge is 2.22. The number of aryl methyl sites for hydroxylation is 2. The average Bonchev–Trinajstić information content (AvgIpc) is 2.92. The third kappa shape index (κ3) is 3.89. The van der Waals surface area contributed by atoms with E-state index >= 15 is 0 Å². The summed E-state index contributed by atoms with van der Waals surface area (Å²) in [6, 6.07) is 6.85. The number of anilines is 1. The Morgan fingerprint density at radius 2 is 2.13 bits per heavy atom. The Morgan fingerprint density at radius 3 is 2.70 bits per heavy atom. The normalized spacial score (nSPS) is 11.8. The highest BCUT2D eigenvalue weighted by Crippen LogP contribution is 2.20. The van der Waals surface area contributed by atoms with Crippen molar-refractivity contribution in [2.45, 2.75) is 26.8 Å². The maximum Gasteiger partial charge on any atom is 0.319 e. The summed E-state index contributed by atoms with van der Waals surface area (Å²) in [5.74, 6) is 0.992. The van der Waals surface area contributed by atoms with Crippen molar-refractivity contribution in [3.05, 3.63) is 47.5 Å². The van der Waals surface area contributed by atoms with E-state index in [0.717, 1.165) is 11.4 Å². The number of nitrogens with zero attached hydrogens (tertiary/aromatic N) is 3. The van der Waals surface area contributed by atoms with Gasteiger partial charge in [-0.3, -0.25) is 0 Å². The molecule has 0 unspecified atom stereocenters. The second-order valence-electron chi connectivity index (χ2n) is 5.86. The van der Waals surface area contributed by atoms with Gasteiger partial charge < -0.3 is 15.2 Å². The van der Waals surface area contributed by atoms with Crippen molar-refractivity contribution >= 4 is 11.7 Å². The van der Waals surface area contributed by atoms with E-state index in [0.29, 0.717) is 11.3 Å². The molecular formula is C17H21N5O. The van der Waals surface area contributed by atoms with E-state index in [-0.39, 0.29) is 18.0 Å². The Balaban J connectivity index is 2.11. The molecule has 0 radical (unpaired) electrons. The number of rotatable bonds is 4. The van der Waals surface area contributed by atoms with Crippen molar-refractivity contribution in [1.82, 2.24) is 14.9 Å². The number of aromatic nitrogens is 2. The lowest BCUT2D eigenvalue weighted by atomic mass is 10.0. The molecule has 120 valence electrons. The molecule has 2 aromatic rings. The standard InChI is InChI=1S/C17H21N5O/c1-11(2)15(16-19-7-8-22(16)4)21-17(23)20-14-6-5-12(3)13(9-14)10-18/h5-9,11,15H,1-4H3,(H2,20,21,23)/t15-/m1/s1. The Labute approximate surface area is 136 Å². The van der Waals surface area contributed by atoms with E-state index in [1.165, 1.54) is 0 Å². The predicted octanol–water partition coefficient (Wildman–Crippen LogP) is 3.12. The van der Waals surface area contributed by atoms with E-state index in [1.54, 1.807) is 18.3 Å². The van der Waals surface area contributed by atoms with Crippen LogP contribution in [0.5, 0.6) is 0 Å². The number of amides is 2. The molecule has 0 fully saturated rings. The summed E-state index contributed by atoms with van der Waals surface area (Å²) in [6.45, 7) is 5.91. The Bertz CT molecular complexity index is 742. The van der Waals surface area contributed by atoms with Gasteiger partial charge in [0, 0.05) is 25.1 Å². The first-order valence-corrected chi connectivity index (χ1v) is 7.48. The van der Waals surface area contributed by atoms with Crippen LogP contribution in [0.4, 0.5) is 10.5 Å². The van der Waals surface area contributed by atoms with Crippen LogP contribution in [0.15, 0.2) is 30.6 Å². The van der Waals surface area contributed by atoms with Gasteiger partial charge in [0.05, 0.1) is 17.7 Å². The third-order valence-electron chi connectivity index (χ3n) is 3.71. The first-order chi connectivity index (χ1) is 10.9. The van der Waals surface area contributed by atoms with Gasteiger partial charge in [0.25, 0.3) is 0 Å². The van der Waals surface area contributed by atoms with Crippen molar-refractivity contribution in [3.63, 3.8) is 0 Å². The van der Waals surface area contributed by atoms with Crippen LogP contribution < -0.4 is 10.6 Å². The highest BCUT2D eigenvalue weighted by molar-refractivity contribution is 5.89. The third-order valence-corrected chi connectivity index (χ3v) is 3.71. The van der Waals surface area contributed by atoms with Gasteiger partial charge in [0.2, 0.25) is 0 Å². The summed E-state index contributed by atoms with van der Waals surface area (Å²) >= 11 is 0. The maximum atomic E-state index is 12.3. The molecule has 6 nitrogen and oxygen atoms in total. The van der Waals surface area contributed by atoms with Crippen LogP contribution in [0.1, 0.15) is 36.8 Å². The summed E-state index contributed by atoms with van der Waals surface area (Å²) in [4.78, 5) is 16.6. The molecule has 0 aliphatic heterocycles. The number of hydrogen-bond acceptors (Lipinski definition) is 3. The van der Waals surface area contributed by atoms with Crippen LogP contribution in [0.25, 0.3) is 0 Å². The first kappa shape index (κ1) is 16.6. The molecule has 1 aromatic carbocycles. The fourth-order valence-corrected chi connectivity index (χ4v) is 2.33. The van der Waals surface area contributed by atoms with Crippen molar-refractivity contribution < 1.29 is 4.79 Å². The van der Waals surface area contributed by atoms with Crippen molar-refractivity contribution in [2.24, 2.45) is 13.0 Å². The number of benzene rings is 1. The summed E-state index contributed by atoms with van der Waals surface area (Å²) < 4.78 is 1.89. The second-order valence-corrected chi connectivity index (χ2v) is 5.86. The van der Waals surface area contributed by atoms with E-state index in [4.69, 9.17) is 5.26 Å². The lowest BCUT2D eigenvalue weighted by Gasteiger charge is -2.22. The predicted molar refractivity (Wildman–Crippen MR) is 88.8 cm³/mol. The monoisotopic (exact) mass is 311 g/mol. The zero-order valence-corrected chi connectivity index (χ0v) is 13.8. The summed E-state index contributed by atoms with van der Waals surface area (Å²) in [6.07, 6.45) is 3.56. The molecule has 0 spiro atoms. The van der Waals surface area contributed by atoms with E-state index < -0.39 is 0 Å². The zero-order chi connectivity index (χ0) is 17.0. The molecule has 6 heteroatoms. The molecule has 23 heavy (non-hydrogen) atoms. The molecular weight excluding hydrogens is 290 g/mol. The molecule has 2 rings (SSSR count). The number of carbonyl (C=O) groups excluding carboxylic acids is 1. The molecule has 0 aliphatic carbocycles. The Hall–Kier alpha value is -2.81. The van der Waals surface area contributed by atoms with E-state index in [9.17, 15) is 4.79 Å². The number of imidazole rings is 1. The molecule has 0 saturated carbocycles. The molecule has 1 atom stereocenters. The van der Waals surface area contributed by atoms with Crippen LogP contribution in [-0.4, -0.2) is 15.6 Å². The van der Waals surface area contributed by atoms with Crippen LogP contribution >= 0.6 is 0 Å². The van der Waals surface area contributed by atoms with Gasteiger partial charge in [-0.2, -0.15) is 5.26 Å². The number of nitrogens with one attached hydrogen (secondary N) is 2. The van der Waals surface area contributed by atoms with Crippen LogP contribution in [0, 0.1) is 24.2 Å².